The molecule has 98 valence electrons. The van der Waals surface area contributed by atoms with Crippen LogP contribution >= 0.6 is 0 Å². The number of hydrogen-bond acceptors (Lipinski definition) is 2. The summed E-state index contributed by atoms with van der Waals surface area (Å²) in [6, 6.07) is 4.30. The Morgan fingerprint density at radius 3 is 2.72 bits per heavy atom. The van der Waals surface area contributed by atoms with Crippen LogP contribution in [-0.4, -0.2) is 23.1 Å². The van der Waals surface area contributed by atoms with E-state index >= 15 is 0 Å². The van der Waals surface area contributed by atoms with Crippen molar-refractivity contribution in [3.8, 4) is 0 Å². The zero-order chi connectivity index (χ0) is 13.5. The molecule has 0 heterocycles. The van der Waals surface area contributed by atoms with Gasteiger partial charge in [0.25, 0.3) is 0 Å². The maximum Gasteiger partial charge on any atom is 0.326 e. The van der Waals surface area contributed by atoms with Gasteiger partial charge >= 0.3 is 12.0 Å². The lowest BCUT2D eigenvalue weighted by atomic mass is 10.2. The molecule has 0 unspecified atom stereocenters. The molecule has 1 atom stereocenters. The molecule has 0 aliphatic heterocycles. The van der Waals surface area contributed by atoms with Gasteiger partial charge in [0, 0.05) is 6.54 Å². The first kappa shape index (κ1) is 14.0. The van der Waals surface area contributed by atoms with Crippen LogP contribution in [0.25, 0.3) is 0 Å². The molecule has 0 aromatic heterocycles. The first-order chi connectivity index (χ1) is 8.52. The number of benzene rings is 1. The second-order valence-corrected chi connectivity index (χ2v) is 3.76. The number of urea groups is 1. The van der Waals surface area contributed by atoms with Crippen molar-refractivity contribution in [1.29, 1.82) is 0 Å². The molecule has 1 aromatic rings. The minimum atomic E-state index is -1.08. The van der Waals surface area contributed by atoms with E-state index in [1.807, 2.05) is 0 Å². The van der Waals surface area contributed by atoms with Crippen molar-refractivity contribution in [3.63, 3.8) is 0 Å². The average molecular weight is 254 g/mol. The molecule has 3 N–H and O–H groups in total. The van der Waals surface area contributed by atoms with Gasteiger partial charge in [-0.3, -0.25) is 0 Å². The molecule has 0 aliphatic rings. The van der Waals surface area contributed by atoms with E-state index in [-0.39, 0.29) is 12.4 Å². The summed E-state index contributed by atoms with van der Waals surface area (Å²) in [6.45, 7) is 1.80. The minimum Gasteiger partial charge on any atom is -0.480 e. The molecule has 0 bridgehead atoms. The van der Waals surface area contributed by atoms with Gasteiger partial charge in [-0.1, -0.05) is 19.1 Å². The predicted molar refractivity (Wildman–Crippen MR) is 63.5 cm³/mol. The summed E-state index contributed by atoms with van der Waals surface area (Å²) in [6.07, 6.45) is 0.294. The Hall–Kier alpha value is -2.11. The second-order valence-electron chi connectivity index (χ2n) is 3.76. The van der Waals surface area contributed by atoms with Crippen molar-refractivity contribution >= 4 is 12.0 Å². The fourth-order valence-electron chi connectivity index (χ4n) is 1.38. The maximum absolute atomic E-state index is 12.9. The summed E-state index contributed by atoms with van der Waals surface area (Å²) < 4.78 is 12.9. The zero-order valence-electron chi connectivity index (χ0n) is 9.94. The molecule has 1 aromatic carbocycles. The van der Waals surface area contributed by atoms with Gasteiger partial charge in [0.05, 0.1) is 0 Å². The summed E-state index contributed by atoms with van der Waals surface area (Å²) in [4.78, 5) is 22.1. The molecule has 0 aliphatic carbocycles. The Morgan fingerprint density at radius 1 is 1.44 bits per heavy atom. The van der Waals surface area contributed by atoms with Crippen molar-refractivity contribution in [3.05, 3.63) is 35.6 Å². The molecule has 6 heteroatoms. The molecular weight excluding hydrogens is 239 g/mol. The van der Waals surface area contributed by atoms with Crippen LogP contribution in [0, 0.1) is 5.82 Å². The normalized spacial score (nSPS) is 11.7. The number of amides is 2. The lowest BCUT2D eigenvalue weighted by Gasteiger charge is -2.13. The van der Waals surface area contributed by atoms with E-state index in [9.17, 15) is 14.0 Å². The van der Waals surface area contributed by atoms with Crippen LogP contribution in [0.2, 0.25) is 0 Å². The summed E-state index contributed by atoms with van der Waals surface area (Å²) in [5.41, 5.74) is 0.605. The number of halogens is 1. The van der Waals surface area contributed by atoms with E-state index < -0.39 is 18.0 Å². The molecule has 18 heavy (non-hydrogen) atoms. The van der Waals surface area contributed by atoms with Gasteiger partial charge in [0.1, 0.15) is 11.9 Å². The molecular formula is C12H15FN2O3. The van der Waals surface area contributed by atoms with E-state index in [1.165, 1.54) is 18.2 Å². The zero-order valence-corrected chi connectivity index (χ0v) is 9.94. The quantitative estimate of drug-likeness (QED) is 0.744. The first-order valence-corrected chi connectivity index (χ1v) is 5.54. The lowest BCUT2D eigenvalue weighted by molar-refractivity contribution is -0.139. The predicted octanol–water partition coefficient (Wildman–Crippen LogP) is 1.49. The lowest BCUT2D eigenvalue weighted by Crippen LogP contribution is -2.45. The van der Waals surface area contributed by atoms with E-state index in [2.05, 4.69) is 10.6 Å². The summed E-state index contributed by atoms with van der Waals surface area (Å²) in [5, 5.41) is 13.5. The van der Waals surface area contributed by atoms with Gasteiger partial charge in [0.2, 0.25) is 0 Å². The SMILES string of the molecule is CC[C@@H](NC(=O)NCc1cccc(F)c1)C(=O)O. The van der Waals surface area contributed by atoms with E-state index in [4.69, 9.17) is 5.11 Å². The molecule has 0 fully saturated rings. The Morgan fingerprint density at radius 2 is 2.17 bits per heavy atom. The molecule has 0 saturated heterocycles. The number of hydrogen-bond donors (Lipinski definition) is 3. The molecule has 1 rings (SSSR count). The van der Waals surface area contributed by atoms with Crippen LogP contribution in [0.3, 0.4) is 0 Å². The van der Waals surface area contributed by atoms with Crippen molar-refractivity contribution < 1.29 is 19.1 Å². The van der Waals surface area contributed by atoms with Crippen LogP contribution < -0.4 is 10.6 Å². The first-order valence-electron chi connectivity index (χ1n) is 5.54. The topological polar surface area (TPSA) is 78.4 Å². The highest BCUT2D eigenvalue weighted by Crippen LogP contribution is 2.02. The fourth-order valence-corrected chi connectivity index (χ4v) is 1.38. The monoisotopic (exact) mass is 254 g/mol. The van der Waals surface area contributed by atoms with Crippen molar-refractivity contribution in [1.82, 2.24) is 10.6 Å². The Balaban J connectivity index is 2.44. The number of carboxylic acids is 1. The third kappa shape index (κ3) is 4.40. The maximum atomic E-state index is 12.9. The number of carbonyl (C=O) groups excluding carboxylic acids is 1. The second kappa shape index (κ2) is 6.58. The number of rotatable bonds is 5. The Bertz CT molecular complexity index is 437. The Kier molecular flexibility index (Phi) is 5.10. The molecule has 2 amide bonds. The van der Waals surface area contributed by atoms with Crippen LogP contribution in [0.1, 0.15) is 18.9 Å². The van der Waals surface area contributed by atoms with E-state index in [1.54, 1.807) is 13.0 Å². The largest absolute Gasteiger partial charge is 0.480 e. The summed E-state index contributed by atoms with van der Waals surface area (Å²) >= 11 is 0. The standard InChI is InChI=1S/C12H15FN2O3/c1-2-10(11(16)17)15-12(18)14-7-8-4-3-5-9(13)6-8/h3-6,10H,2,7H2,1H3,(H,16,17)(H2,14,15,18)/t10-/m1/s1. The molecule has 5 nitrogen and oxygen atoms in total. The van der Waals surface area contributed by atoms with Gasteiger partial charge in [0.15, 0.2) is 0 Å². The minimum absolute atomic E-state index is 0.139. The third-order valence-electron chi connectivity index (χ3n) is 2.35. The molecule has 0 spiro atoms. The third-order valence-corrected chi connectivity index (χ3v) is 2.35. The van der Waals surface area contributed by atoms with Gasteiger partial charge in [-0.25, -0.2) is 14.0 Å². The highest BCUT2D eigenvalue weighted by atomic mass is 19.1. The smallest absolute Gasteiger partial charge is 0.326 e. The van der Waals surface area contributed by atoms with E-state index in [0.29, 0.717) is 12.0 Å². The fraction of sp³-hybridized carbons (Fsp3) is 0.333. The van der Waals surface area contributed by atoms with Crippen molar-refractivity contribution in [2.45, 2.75) is 25.9 Å². The number of aliphatic carboxylic acids is 1. The molecule has 0 radical (unpaired) electrons. The summed E-state index contributed by atoms with van der Waals surface area (Å²) in [7, 11) is 0. The van der Waals surface area contributed by atoms with Gasteiger partial charge in [-0.2, -0.15) is 0 Å². The average Bonchev–Trinajstić information content (AvgIpc) is 2.33. The van der Waals surface area contributed by atoms with Gasteiger partial charge < -0.3 is 15.7 Å². The number of nitrogens with one attached hydrogen (secondary N) is 2. The molecule has 0 saturated carbocycles. The highest BCUT2D eigenvalue weighted by Gasteiger charge is 2.16. The highest BCUT2D eigenvalue weighted by molar-refractivity contribution is 5.82. The van der Waals surface area contributed by atoms with Crippen molar-refractivity contribution in [2.75, 3.05) is 0 Å². The van der Waals surface area contributed by atoms with Gasteiger partial charge in [-0.05, 0) is 24.1 Å². The number of carbonyl (C=O) groups is 2. The van der Waals surface area contributed by atoms with Crippen LogP contribution in [0.4, 0.5) is 9.18 Å². The Labute approximate surface area is 104 Å². The van der Waals surface area contributed by atoms with Gasteiger partial charge in [-0.15, -0.1) is 0 Å². The summed E-state index contributed by atoms with van der Waals surface area (Å²) in [5.74, 6) is -1.47. The number of carboxylic acid groups (broad SMARTS) is 1. The van der Waals surface area contributed by atoms with E-state index in [0.717, 1.165) is 0 Å². The van der Waals surface area contributed by atoms with Crippen molar-refractivity contribution in [2.24, 2.45) is 0 Å². The van der Waals surface area contributed by atoms with Crippen LogP contribution in [0.5, 0.6) is 0 Å². The van der Waals surface area contributed by atoms with Crippen LogP contribution in [-0.2, 0) is 11.3 Å². The van der Waals surface area contributed by atoms with Crippen LogP contribution in [0.15, 0.2) is 24.3 Å².